The molecule has 0 bridgehead atoms. The molecule has 1 unspecified atom stereocenters. The molecule has 0 spiro atoms. The van der Waals surface area contributed by atoms with Crippen molar-refractivity contribution in [3.8, 4) is 0 Å². The Balaban J connectivity index is 2.57. The first-order valence-electron chi connectivity index (χ1n) is 6.68. The summed E-state index contributed by atoms with van der Waals surface area (Å²) in [6.07, 6.45) is 3.38. The molecule has 2 N–H and O–H groups in total. The van der Waals surface area contributed by atoms with Gasteiger partial charge in [0.25, 0.3) is 5.91 Å². The van der Waals surface area contributed by atoms with Gasteiger partial charge in [-0.2, -0.15) is 0 Å². The van der Waals surface area contributed by atoms with Crippen molar-refractivity contribution in [3.63, 3.8) is 0 Å². The molecule has 5 nitrogen and oxygen atoms in total. The molecule has 0 saturated heterocycles. The monoisotopic (exact) mass is 266 g/mol. The molecule has 0 aromatic carbocycles. The zero-order valence-electron chi connectivity index (χ0n) is 11.7. The minimum atomic E-state index is -0.547. The van der Waals surface area contributed by atoms with E-state index in [0.29, 0.717) is 6.54 Å². The highest BCUT2D eigenvalue weighted by Gasteiger charge is 2.25. The molecule has 1 rings (SSSR count). The topological polar surface area (TPSA) is 71.3 Å². The van der Waals surface area contributed by atoms with E-state index in [0.717, 1.165) is 12.8 Å². The van der Waals surface area contributed by atoms with E-state index in [4.69, 9.17) is 4.42 Å². The van der Waals surface area contributed by atoms with E-state index in [1.807, 2.05) is 13.8 Å². The average molecular weight is 266 g/mol. The zero-order valence-corrected chi connectivity index (χ0v) is 11.7. The number of hydrogen-bond acceptors (Lipinski definition) is 3. The zero-order chi connectivity index (χ0) is 14.3. The Kier molecular flexibility index (Phi) is 6.12. The van der Waals surface area contributed by atoms with Gasteiger partial charge in [0, 0.05) is 6.54 Å². The number of hydrogen-bond donors (Lipinski definition) is 2. The van der Waals surface area contributed by atoms with Crippen LogP contribution in [0.5, 0.6) is 0 Å². The van der Waals surface area contributed by atoms with Gasteiger partial charge < -0.3 is 15.1 Å². The summed E-state index contributed by atoms with van der Waals surface area (Å²) in [4.78, 5) is 23.9. The summed E-state index contributed by atoms with van der Waals surface area (Å²) >= 11 is 0. The summed E-state index contributed by atoms with van der Waals surface area (Å²) in [6.45, 7) is 6.49. The Morgan fingerprint density at radius 3 is 2.63 bits per heavy atom. The molecular formula is C14H22N2O3. The third kappa shape index (κ3) is 4.77. The van der Waals surface area contributed by atoms with Crippen molar-refractivity contribution in [2.45, 2.75) is 39.7 Å². The first-order valence-corrected chi connectivity index (χ1v) is 6.68. The summed E-state index contributed by atoms with van der Waals surface area (Å²) < 4.78 is 5.01. The SMILES string of the molecule is CCCCNC(=O)C(NC(=O)c1ccco1)C(C)C. The number of furan rings is 1. The van der Waals surface area contributed by atoms with Crippen molar-refractivity contribution >= 4 is 11.8 Å². The molecule has 0 radical (unpaired) electrons. The van der Waals surface area contributed by atoms with Crippen LogP contribution in [0, 0.1) is 5.92 Å². The number of carbonyl (C=O) groups excluding carboxylic acids is 2. The van der Waals surface area contributed by atoms with E-state index in [1.54, 1.807) is 12.1 Å². The lowest BCUT2D eigenvalue weighted by Crippen LogP contribution is -2.49. The molecule has 5 heteroatoms. The number of unbranched alkanes of at least 4 members (excludes halogenated alkanes) is 1. The van der Waals surface area contributed by atoms with Gasteiger partial charge in [0.05, 0.1) is 6.26 Å². The Morgan fingerprint density at radius 2 is 2.11 bits per heavy atom. The fourth-order valence-corrected chi connectivity index (χ4v) is 1.65. The predicted octanol–water partition coefficient (Wildman–Crippen LogP) is 1.95. The van der Waals surface area contributed by atoms with Gasteiger partial charge in [0.15, 0.2) is 5.76 Å². The maximum absolute atomic E-state index is 12.0. The first kappa shape index (κ1) is 15.3. The number of carbonyl (C=O) groups is 2. The van der Waals surface area contributed by atoms with Crippen LogP contribution in [-0.2, 0) is 4.79 Å². The molecular weight excluding hydrogens is 244 g/mol. The molecule has 1 heterocycles. The van der Waals surface area contributed by atoms with Crippen LogP contribution in [0.4, 0.5) is 0 Å². The maximum Gasteiger partial charge on any atom is 0.287 e. The normalized spacial score (nSPS) is 12.2. The molecule has 0 saturated carbocycles. The van der Waals surface area contributed by atoms with Crippen molar-refractivity contribution in [1.29, 1.82) is 0 Å². The Bertz CT molecular complexity index is 399. The van der Waals surface area contributed by atoms with E-state index in [1.165, 1.54) is 6.26 Å². The molecule has 0 fully saturated rings. The molecule has 1 atom stereocenters. The van der Waals surface area contributed by atoms with E-state index in [-0.39, 0.29) is 23.5 Å². The summed E-state index contributed by atoms with van der Waals surface area (Å²) in [6, 6.07) is 2.66. The fourth-order valence-electron chi connectivity index (χ4n) is 1.65. The molecule has 0 aliphatic rings. The second-order valence-electron chi connectivity index (χ2n) is 4.82. The largest absolute Gasteiger partial charge is 0.459 e. The smallest absolute Gasteiger partial charge is 0.287 e. The van der Waals surface area contributed by atoms with Gasteiger partial charge in [0.1, 0.15) is 6.04 Å². The fraction of sp³-hybridized carbons (Fsp3) is 0.571. The molecule has 1 aromatic heterocycles. The summed E-state index contributed by atoms with van der Waals surface area (Å²) in [5.74, 6) is -0.287. The van der Waals surface area contributed by atoms with Crippen LogP contribution in [0.15, 0.2) is 22.8 Å². The van der Waals surface area contributed by atoms with Gasteiger partial charge >= 0.3 is 0 Å². The van der Waals surface area contributed by atoms with Crippen LogP contribution >= 0.6 is 0 Å². The highest BCUT2D eigenvalue weighted by molar-refractivity contribution is 5.95. The number of rotatable bonds is 7. The van der Waals surface area contributed by atoms with Crippen molar-refractivity contribution < 1.29 is 14.0 Å². The van der Waals surface area contributed by atoms with Crippen molar-refractivity contribution in [1.82, 2.24) is 10.6 Å². The van der Waals surface area contributed by atoms with Gasteiger partial charge in [-0.25, -0.2) is 0 Å². The average Bonchev–Trinajstić information content (AvgIpc) is 2.89. The molecule has 0 aliphatic carbocycles. The highest BCUT2D eigenvalue weighted by atomic mass is 16.3. The number of amides is 2. The molecule has 19 heavy (non-hydrogen) atoms. The molecule has 106 valence electrons. The maximum atomic E-state index is 12.0. The van der Waals surface area contributed by atoms with Crippen molar-refractivity contribution in [2.75, 3.05) is 6.54 Å². The van der Waals surface area contributed by atoms with Crippen LogP contribution in [0.25, 0.3) is 0 Å². The highest BCUT2D eigenvalue weighted by Crippen LogP contribution is 2.05. The third-order valence-electron chi connectivity index (χ3n) is 2.81. The Hall–Kier alpha value is -1.78. The van der Waals surface area contributed by atoms with Gasteiger partial charge in [-0.3, -0.25) is 9.59 Å². The van der Waals surface area contributed by atoms with Crippen LogP contribution in [-0.4, -0.2) is 24.4 Å². The molecule has 0 aliphatic heterocycles. The predicted molar refractivity (Wildman–Crippen MR) is 72.7 cm³/mol. The van der Waals surface area contributed by atoms with Crippen LogP contribution in [0.3, 0.4) is 0 Å². The second-order valence-corrected chi connectivity index (χ2v) is 4.82. The van der Waals surface area contributed by atoms with Gasteiger partial charge in [-0.1, -0.05) is 27.2 Å². The van der Waals surface area contributed by atoms with Crippen LogP contribution in [0.1, 0.15) is 44.2 Å². The summed E-state index contributed by atoms with van der Waals surface area (Å²) in [5.41, 5.74) is 0. The minimum Gasteiger partial charge on any atom is -0.459 e. The number of nitrogens with one attached hydrogen (secondary N) is 2. The minimum absolute atomic E-state index is 0.0144. The Labute approximate surface area is 113 Å². The standard InChI is InChI=1S/C14H22N2O3/c1-4-5-8-15-14(18)12(10(2)3)16-13(17)11-7-6-9-19-11/h6-7,9-10,12H,4-5,8H2,1-3H3,(H,15,18)(H,16,17). The van der Waals surface area contributed by atoms with E-state index >= 15 is 0 Å². The summed E-state index contributed by atoms with van der Waals surface area (Å²) in [7, 11) is 0. The van der Waals surface area contributed by atoms with Gasteiger partial charge in [-0.05, 0) is 24.5 Å². The van der Waals surface area contributed by atoms with Gasteiger partial charge in [-0.15, -0.1) is 0 Å². The third-order valence-corrected chi connectivity index (χ3v) is 2.81. The lowest BCUT2D eigenvalue weighted by Gasteiger charge is -2.21. The van der Waals surface area contributed by atoms with Gasteiger partial charge in [0.2, 0.25) is 5.91 Å². The van der Waals surface area contributed by atoms with E-state index in [2.05, 4.69) is 17.6 Å². The second kappa shape index (κ2) is 7.61. The lowest BCUT2D eigenvalue weighted by molar-refractivity contribution is -0.123. The lowest BCUT2D eigenvalue weighted by atomic mass is 10.0. The summed E-state index contributed by atoms with van der Waals surface area (Å²) in [5, 5.41) is 5.53. The van der Waals surface area contributed by atoms with Crippen molar-refractivity contribution in [3.05, 3.63) is 24.2 Å². The van der Waals surface area contributed by atoms with Crippen LogP contribution in [0.2, 0.25) is 0 Å². The Morgan fingerprint density at radius 1 is 1.37 bits per heavy atom. The van der Waals surface area contributed by atoms with E-state index in [9.17, 15) is 9.59 Å². The van der Waals surface area contributed by atoms with Crippen molar-refractivity contribution in [2.24, 2.45) is 5.92 Å². The molecule has 1 aromatic rings. The quantitative estimate of drug-likeness (QED) is 0.741. The van der Waals surface area contributed by atoms with Crippen LogP contribution < -0.4 is 10.6 Å². The van der Waals surface area contributed by atoms with E-state index < -0.39 is 6.04 Å². The molecule has 2 amide bonds. The first-order chi connectivity index (χ1) is 9.06.